The van der Waals surface area contributed by atoms with Crippen molar-refractivity contribution in [2.75, 3.05) is 16.3 Å². The maximum atomic E-state index is 13.7. The maximum absolute atomic E-state index is 13.7. The first kappa shape index (κ1) is 21.1. The summed E-state index contributed by atoms with van der Waals surface area (Å²) in [4.78, 5) is 23.7. The molecule has 0 radical (unpaired) electrons. The number of halogens is 2. The van der Waals surface area contributed by atoms with Gasteiger partial charge < -0.3 is 4.90 Å². The number of carbonyl (C=O) groups excluding carboxylic acids is 1. The minimum Gasteiger partial charge on any atom is -0.334 e. The van der Waals surface area contributed by atoms with E-state index in [-0.39, 0.29) is 11.7 Å². The van der Waals surface area contributed by atoms with E-state index in [0.29, 0.717) is 27.3 Å². The van der Waals surface area contributed by atoms with Crippen molar-refractivity contribution >= 4 is 63.3 Å². The molecule has 0 N–H and O–H groups in total. The van der Waals surface area contributed by atoms with Crippen molar-refractivity contribution in [1.82, 2.24) is 0 Å². The van der Waals surface area contributed by atoms with Crippen molar-refractivity contribution in [3.63, 3.8) is 0 Å². The molecule has 4 nitrogen and oxygen atoms in total. The van der Waals surface area contributed by atoms with Crippen LogP contribution in [0.25, 0.3) is 0 Å². The number of fused-ring (bicyclic) bond motifs is 1. The lowest BCUT2D eigenvalue weighted by Crippen LogP contribution is -2.29. The van der Waals surface area contributed by atoms with Crippen LogP contribution >= 0.6 is 35.1 Å². The second-order valence-electron chi connectivity index (χ2n) is 7.04. The van der Waals surface area contributed by atoms with E-state index in [2.05, 4.69) is 4.90 Å². The molecule has 1 fully saturated rings. The lowest BCUT2D eigenvalue weighted by Gasteiger charge is -2.19. The van der Waals surface area contributed by atoms with Crippen LogP contribution in [0, 0.1) is 5.82 Å². The number of hydrogen-bond donors (Lipinski definition) is 0. The van der Waals surface area contributed by atoms with Gasteiger partial charge in [-0.25, -0.2) is 9.38 Å². The molecule has 5 rings (SSSR count). The van der Waals surface area contributed by atoms with Crippen LogP contribution in [0.1, 0.15) is 6.92 Å². The highest BCUT2D eigenvalue weighted by Crippen LogP contribution is 2.51. The molecule has 2 aliphatic rings. The first-order valence-electron chi connectivity index (χ1n) is 9.96. The van der Waals surface area contributed by atoms with Crippen LogP contribution in [-0.4, -0.2) is 17.6 Å². The van der Waals surface area contributed by atoms with Gasteiger partial charge in [-0.2, -0.15) is 0 Å². The predicted molar refractivity (Wildman–Crippen MR) is 132 cm³/mol. The Morgan fingerprint density at radius 2 is 1.75 bits per heavy atom. The third-order valence-corrected chi connectivity index (χ3v) is 7.60. The van der Waals surface area contributed by atoms with Crippen LogP contribution in [0.3, 0.4) is 0 Å². The van der Waals surface area contributed by atoms with Crippen molar-refractivity contribution in [2.45, 2.75) is 11.8 Å². The summed E-state index contributed by atoms with van der Waals surface area (Å²) in [6, 6.07) is 21.1. The maximum Gasteiger partial charge on any atom is 0.274 e. The van der Waals surface area contributed by atoms with Crippen molar-refractivity contribution in [3.05, 3.63) is 93.6 Å². The smallest absolute Gasteiger partial charge is 0.274 e. The van der Waals surface area contributed by atoms with Crippen molar-refractivity contribution < 1.29 is 9.18 Å². The fraction of sp³-hybridized carbons (Fsp3) is 0.0833. The number of benzene rings is 3. The summed E-state index contributed by atoms with van der Waals surface area (Å²) >= 11 is 9.11. The Labute approximate surface area is 198 Å². The number of amides is 1. The van der Waals surface area contributed by atoms with E-state index in [9.17, 15) is 9.18 Å². The van der Waals surface area contributed by atoms with Gasteiger partial charge >= 0.3 is 0 Å². The average Bonchev–Trinajstić information content (AvgIpc) is 3.31. The minimum atomic E-state index is -0.357. The van der Waals surface area contributed by atoms with Gasteiger partial charge in [0.25, 0.3) is 5.91 Å². The second-order valence-corrected chi connectivity index (χ2v) is 9.49. The van der Waals surface area contributed by atoms with Crippen LogP contribution in [-0.2, 0) is 4.79 Å². The number of nitrogens with zero attached hydrogens (tertiary/aromatic N) is 3. The molecule has 0 unspecified atom stereocenters. The van der Waals surface area contributed by atoms with E-state index >= 15 is 0 Å². The fourth-order valence-electron chi connectivity index (χ4n) is 3.55. The molecule has 1 saturated heterocycles. The van der Waals surface area contributed by atoms with Gasteiger partial charge in [0.15, 0.2) is 5.17 Å². The molecule has 0 aliphatic carbocycles. The normalized spacial score (nSPS) is 19.2. The Kier molecular flexibility index (Phi) is 5.71. The summed E-state index contributed by atoms with van der Waals surface area (Å²) in [5, 5.41) is 2.03. The van der Waals surface area contributed by atoms with E-state index in [4.69, 9.17) is 16.6 Å². The lowest BCUT2D eigenvalue weighted by atomic mass is 10.2. The lowest BCUT2D eigenvalue weighted by molar-refractivity contribution is -0.113. The van der Waals surface area contributed by atoms with Crippen LogP contribution in [0.2, 0.25) is 5.02 Å². The largest absolute Gasteiger partial charge is 0.334 e. The van der Waals surface area contributed by atoms with Crippen LogP contribution in [0.5, 0.6) is 0 Å². The number of amidine groups is 1. The molecule has 1 amide bonds. The Balaban J connectivity index is 1.63. The molecular weight excluding hydrogens is 465 g/mol. The van der Waals surface area contributed by atoms with E-state index in [0.717, 1.165) is 21.3 Å². The molecule has 8 heteroatoms. The Bertz CT molecular complexity index is 1260. The molecule has 0 saturated carbocycles. The van der Waals surface area contributed by atoms with E-state index < -0.39 is 0 Å². The molecule has 0 bridgehead atoms. The molecule has 0 atom stereocenters. The van der Waals surface area contributed by atoms with Crippen molar-refractivity contribution in [1.29, 1.82) is 0 Å². The average molecular weight is 482 g/mol. The highest BCUT2D eigenvalue weighted by molar-refractivity contribution is 8.20. The van der Waals surface area contributed by atoms with Crippen molar-refractivity contribution in [3.8, 4) is 0 Å². The Morgan fingerprint density at radius 3 is 2.47 bits per heavy atom. The van der Waals surface area contributed by atoms with Gasteiger partial charge in [0.1, 0.15) is 15.8 Å². The number of aliphatic imine (C=N–C) groups is 1. The molecule has 160 valence electrons. The number of para-hydroxylation sites is 1. The van der Waals surface area contributed by atoms with Crippen LogP contribution < -0.4 is 9.80 Å². The topological polar surface area (TPSA) is 35.9 Å². The first-order chi connectivity index (χ1) is 15.5. The summed E-state index contributed by atoms with van der Waals surface area (Å²) in [7, 11) is 0. The first-order valence-corrected chi connectivity index (χ1v) is 12.0. The van der Waals surface area contributed by atoms with Gasteiger partial charge in [-0.05, 0) is 73.3 Å². The fourth-order valence-corrected chi connectivity index (χ4v) is 6.09. The summed E-state index contributed by atoms with van der Waals surface area (Å²) in [5.41, 5.74) is 2.30. The molecule has 2 aliphatic heterocycles. The zero-order valence-corrected chi connectivity index (χ0v) is 19.3. The van der Waals surface area contributed by atoms with Gasteiger partial charge in [0.2, 0.25) is 0 Å². The SMILES string of the molecule is CCN1C(=C2SC(=Nc3ccccc3)N(c3ccc(F)cc3)C2=O)Sc2ccc(Cl)cc21. The third kappa shape index (κ3) is 3.81. The summed E-state index contributed by atoms with van der Waals surface area (Å²) in [6.45, 7) is 2.73. The zero-order valence-electron chi connectivity index (χ0n) is 17.0. The third-order valence-electron chi connectivity index (χ3n) is 5.02. The second kappa shape index (κ2) is 8.65. The molecule has 3 aromatic carbocycles. The highest BCUT2D eigenvalue weighted by atomic mass is 35.5. The van der Waals surface area contributed by atoms with E-state index in [1.807, 2.05) is 55.5 Å². The van der Waals surface area contributed by atoms with Crippen LogP contribution in [0.15, 0.2) is 92.6 Å². The number of hydrogen-bond acceptors (Lipinski definition) is 5. The summed E-state index contributed by atoms with van der Waals surface area (Å²) < 4.78 is 13.5. The molecular formula is C24H17ClFN3OS2. The molecule has 32 heavy (non-hydrogen) atoms. The minimum absolute atomic E-state index is 0.184. The molecule has 2 heterocycles. The zero-order chi connectivity index (χ0) is 22.2. The highest BCUT2D eigenvalue weighted by Gasteiger charge is 2.40. The molecule has 0 spiro atoms. The molecule has 0 aromatic heterocycles. The van der Waals surface area contributed by atoms with E-state index in [1.165, 1.54) is 23.9 Å². The van der Waals surface area contributed by atoms with Crippen LogP contribution in [0.4, 0.5) is 21.5 Å². The number of thioether (sulfide) groups is 2. The number of anilines is 2. The predicted octanol–water partition coefficient (Wildman–Crippen LogP) is 7.05. The number of rotatable bonds is 3. The van der Waals surface area contributed by atoms with Gasteiger partial charge in [-0.15, -0.1) is 0 Å². The van der Waals surface area contributed by atoms with E-state index in [1.54, 1.807) is 28.8 Å². The molecule has 3 aromatic rings. The number of carbonyl (C=O) groups is 1. The monoisotopic (exact) mass is 481 g/mol. The Morgan fingerprint density at radius 1 is 1.00 bits per heavy atom. The summed E-state index contributed by atoms with van der Waals surface area (Å²) in [6.07, 6.45) is 0. The summed E-state index contributed by atoms with van der Waals surface area (Å²) in [5.74, 6) is -0.542. The van der Waals surface area contributed by atoms with Gasteiger partial charge in [-0.3, -0.25) is 9.69 Å². The quantitative estimate of drug-likeness (QED) is 0.375. The van der Waals surface area contributed by atoms with Gasteiger partial charge in [-0.1, -0.05) is 41.6 Å². The standard InChI is InChI=1S/C24H17ClFN3OS2/c1-2-28-19-14-15(25)8-13-20(19)31-23(28)21-22(30)29(18-11-9-16(26)10-12-18)24(32-21)27-17-6-4-3-5-7-17/h3-14H,2H2,1H3. The van der Waals surface area contributed by atoms with Gasteiger partial charge in [0, 0.05) is 16.5 Å². The van der Waals surface area contributed by atoms with Gasteiger partial charge in [0.05, 0.1) is 17.1 Å². The Hall–Kier alpha value is -2.74. The van der Waals surface area contributed by atoms with Crippen molar-refractivity contribution in [2.24, 2.45) is 4.99 Å².